The van der Waals surface area contributed by atoms with Gasteiger partial charge in [0.1, 0.15) is 12.3 Å². The lowest BCUT2D eigenvalue weighted by molar-refractivity contribution is -0.141. The van der Waals surface area contributed by atoms with Crippen molar-refractivity contribution in [2.24, 2.45) is 0 Å². The van der Waals surface area contributed by atoms with E-state index in [1.165, 1.54) is 13.2 Å². The van der Waals surface area contributed by atoms with Crippen LogP contribution in [0.1, 0.15) is 24.6 Å². The van der Waals surface area contributed by atoms with Crippen molar-refractivity contribution in [1.29, 1.82) is 0 Å². The number of nitrogens with zero attached hydrogens (tertiary/aromatic N) is 1. The number of carboxylic acids is 1. The molecule has 0 bridgehead atoms. The monoisotopic (exact) mass is 226 g/mol. The largest absolute Gasteiger partial charge is 0.480 e. The molecule has 0 aliphatic carbocycles. The molecule has 6 heteroatoms. The summed E-state index contributed by atoms with van der Waals surface area (Å²) in [5, 5.41) is 14.6. The average Bonchev–Trinajstić information content (AvgIpc) is 2.61. The summed E-state index contributed by atoms with van der Waals surface area (Å²) in [4.78, 5) is 21.8. The van der Waals surface area contributed by atoms with Crippen molar-refractivity contribution in [2.45, 2.75) is 32.7 Å². The number of amides is 1. The van der Waals surface area contributed by atoms with Crippen molar-refractivity contribution in [3.05, 3.63) is 17.5 Å². The van der Waals surface area contributed by atoms with Crippen LogP contribution >= 0.6 is 0 Å². The highest BCUT2D eigenvalue weighted by atomic mass is 16.5. The SMILES string of the molecule is Cc1nocc1CCC(=O)N[C@@H](C)C(=O)O. The second-order valence-electron chi connectivity index (χ2n) is 3.55. The fraction of sp³-hybridized carbons (Fsp3) is 0.500. The minimum absolute atomic E-state index is 0.222. The Bertz CT molecular complexity index is 386. The number of hydrogen-bond donors (Lipinski definition) is 2. The molecule has 0 spiro atoms. The number of rotatable bonds is 5. The van der Waals surface area contributed by atoms with Crippen LogP contribution in [0.3, 0.4) is 0 Å². The topological polar surface area (TPSA) is 92.4 Å². The van der Waals surface area contributed by atoms with Crippen LogP contribution in [0.15, 0.2) is 10.8 Å². The predicted molar refractivity (Wildman–Crippen MR) is 54.8 cm³/mol. The molecular weight excluding hydrogens is 212 g/mol. The lowest BCUT2D eigenvalue weighted by atomic mass is 10.1. The van der Waals surface area contributed by atoms with E-state index in [1.807, 2.05) is 0 Å². The Balaban J connectivity index is 2.36. The number of aromatic nitrogens is 1. The van der Waals surface area contributed by atoms with Crippen molar-refractivity contribution in [3.63, 3.8) is 0 Å². The summed E-state index contributed by atoms with van der Waals surface area (Å²) in [6, 6.07) is -0.865. The first kappa shape index (κ1) is 12.2. The Labute approximate surface area is 92.6 Å². The van der Waals surface area contributed by atoms with Crippen LogP contribution in [0.5, 0.6) is 0 Å². The Morgan fingerprint density at radius 1 is 1.62 bits per heavy atom. The third kappa shape index (κ3) is 3.38. The molecule has 1 aromatic heterocycles. The van der Waals surface area contributed by atoms with Crippen LogP contribution in [0.2, 0.25) is 0 Å². The predicted octanol–water partition coefficient (Wildman–Crippen LogP) is 0.505. The Morgan fingerprint density at radius 2 is 2.31 bits per heavy atom. The molecule has 0 aromatic carbocycles. The van der Waals surface area contributed by atoms with Gasteiger partial charge >= 0.3 is 5.97 Å². The smallest absolute Gasteiger partial charge is 0.325 e. The van der Waals surface area contributed by atoms with Gasteiger partial charge in [-0.2, -0.15) is 0 Å². The molecule has 0 saturated heterocycles. The van der Waals surface area contributed by atoms with Gasteiger partial charge in [-0.05, 0) is 20.3 Å². The number of aryl methyl sites for hydroxylation is 2. The van der Waals surface area contributed by atoms with Crippen molar-refractivity contribution < 1.29 is 19.2 Å². The molecule has 1 atom stereocenters. The lowest BCUT2D eigenvalue weighted by Gasteiger charge is -2.08. The summed E-state index contributed by atoms with van der Waals surface area (Å²) in [6.07, 6.45) is 2.20. The second-order valence-corrected chi connectivity index (χ2v) is 3.55. The summed E-state index contributed by atoms with van der Waals surface area (Å²) in [5.74, 6) is -1.34. The zero-order chi connectivity index (χ0) is 12.1. The van der Waals surface area contributed by atoms with E-state index in [0.29, 0.717) is 6.42 Å². The van der Waals surface area contributed by atoms with Crippen LogP contribution < -0.4 is 5.32 Å². The molecule has 1 rings (SSSR count). The molecule has 0 aliphatic heterocycles. The summed E-state index contributed by atoms with van der Waals surface area (Å²) >= 11 is 0. The number of carbonyl (C=O) groups excluding carboxylic acids is 1. The van der Waals surface area contributed by atoms with Gasteiger partial charge in [0, 0.05) is 12.0 Å². The van der Waals surface area contributed by atoms with Crippen LogP contribution in [0, 0.1) is 6.92 Å². The highest BCUT2D eigenvalue weighted by molar-refractivity contribution is 5.83. The van der Waals surface area contributed by atoms with Crippen molar-refractivity contribution in [1.82, 2.24) is 10.5 Å². The van der Waals surface area contributed by atoms with Gasteiger partial charge in [0.25, 0.3) is 0 Å². The van der Waals surface area contributed by atoms with Crippen molar-refractivity contribution in [2.75, 3.05) is 0 Å². The van der Waals surface area contributed by atoms with Gasteiger partial charge in [-0.25, -0.2) is 0 Å². The molecule has 16 heavy (non-hydrogen) atoms. The number of nitrogens with one attached hydrogen (secondary N) is 1. The summed E-state index contributed by atoms with van der Waals surface area (Å²) in [6.45, 7) is 3.21. The second kappa shape index (κ2) is 5.29. The van der Waals surface area contributed by atoms with Crippen molar-refractivity contribution >= 4 is 11.9 Å². The molecule has 88 valence electrons. The number of carbonyl (C=O) groups is 2. The van der Waals surface area contributed by atoms with E-state index in [-0.39, 0.29) is 12.3 Å². The molecule has 6 nitrogen and oxygen atoms in total. The Kier molecular flexibility index (Phi) is 4.04. The van der Waals surface area contributed by atoms with Gasteiger partial charge in [-0.15, -0.1) is 0 Å². The van der Waals surface area contributed by atoms with E-state index in [9.17, 15) is 9.59 Å². The first-order chi connectivity index (χ1) is 7.50. The molecule has 0 aliphatic rings. The maximum Gasteiger partial charge on any atom is 0.325 e. The van der Waals surface area contributed by atoms with Crippen LogP contribution in [0.4, 0.5) is 0 Å². The molecule has 1 aromatic rings. The molecule has 1 amide bonds. The third-order valence-corrected chi connectivity index (χ3v) is 2.22. The quantitative estimate of drug-likeness (QED) is 0.762. The fourth-order valence-electron chi connectivity index (χ4n) is 1.18. The van der Waals surface area contributed by atoms with Gasteiger partial charge in [-0.1, -0.05) is 5.16 Å². The fourth-order valence-corrected chi connectivity index (χ4v) is 1.18. The normalized spacial score (nSPS) is 12.1. The van der Waals surface area contributed by atoms with Crippen LogP contribution in [-0.2, 0) is 16.0 Å². The standard InChI is InChI=1S/C10H14N2O4/c1-6-8(5-16-12-6)3-4-9(13)11-7(2)10(14)15/h5,7H,3-4H2,1-2H3,(H,11,13)(H,14,15)/t7-/m0/s1. The Hall–Kier alpha value is -1.85. The van der Waals surface area contributed by atoms with E-state index in [0.717, 1.165) is 11.3 Å². The molecule has 0 radical (unpaired) electrons. The summed E-state index contributed by atoms with van der Waals surface area (Å²) in [7, 11) is 0. The van der Waals surface area contributed by atoms with Gasteiger partial charge in [0.05, 0.1) is 5.69 Å². The number of carboxylic acid groups (broad SMARTS) is 1. The van der Waals surface area contributed by atoms with E-state index in [2.05, 4.69) is 10.5 Å². The zero-order valence-corrected chi connectivity index (χ0v) is 9.19. The minimum Gasteiger partial charge on any atom is -0.480 e. The molecule has 1 heterocycles. The van der Waals surface area contributed by atoms with Gasteiger partial charge in [0.2, 0.25) is 5.91 Å². The number of hydrogen-bond acceptors (Lipinski definition) is 4. The Morgan fingerprint density at radius 3 is 2.81 bits per heavy atom. The molecule has 2 N–H and O–H groups in total. The first-order valence-corrected chi connectivity index (χ1v) is 4.92. The molecule has 0 unspecified atom stereocenters. The van der Waals surface area contributed by atoms with Gasteiger partial charge in [-0.3, -0.25) is 9.59 Å². The third-order valence-electron chi connectivity index (χ3n) is 2.22. The lowest BCUT2D eigenvalue weighted by Crippen LogP contribution is -2.38. The van der Waals surface area contributed by atoms with Crippen LogP contribution in [0.25, 0.3) is 0 Å². The maximum atomic E-state index is 11.3. The molecular formula is C10H14N2O4. The van der Waals surface area contributed by atoms with E-state index in [4.69, 9.17) is 9.63 Å². The average molecular weight is 226 g/mol. The van der Waals surface area contributed by atoms with Gasteiger partial charge < -0.3 is 14.9 Å². The zero-order valence-electron chi connectivity index (χ0n) is 9.19. The van der Waals surface area contributed by atoms with E-state index < -0.39 is 12.0 Å². The number of aliphatic carboxylic acids is 1. The highest BCUT2D eigenvalue weighted by Crippen LogP contribution is 2.07. The van der Waals surface area contributed by atoms with Crippen LogP contribution in [-0.4, -0.2) is 28.2 Å². The summed E-state index contributed by atoms with van der Waals surface area (Å²) < 4.78 is 4.72. The minimum atomic E-state index is -1.05. The molecule has 0 fully saturated rings. The highest BCUT2D eigenvalue weighted by Gasteiger charge is 2.14. The van der Waals surface area contributed by atoms with Gasteiger partial charge in [0.15, 0.2) is 0 Å². The van der Waals surface area contributed by atoms with E-state index in [1.54, 1.807) is 6.92 Å². The van der Waals surface area contributed by atoms with E-state index >= 15 is 0 Å². The van der Waals surface area contributed by atoms with Crippen molar-refractivity contribution in [3.8, 4) is 0 Å². The molecule has 0 saturated carbocycles. The summed E-state index contributed by atoms with van der Waals surface area (Å²) in [5.41, 5.74) is 1.61. The first-order valence-electron chi connectivity index (χ1n) is 4.92. The maximum absolute atomic E-state index is 11.3.